The molecule has 2 atom stereocenters. The van der Waals surface area contributed by atoms with Crippen LogP contribution in [0.4, 0.5) is 0 Å². The van der Waals surface area contributed by atoms with E-state index in [1.54, 1.807) is 0 Å². The Bertz CT molecular complexity index is 337. The van der Waals surface area contributed by atoms with E-state index in [-0.39, 0.29) is 0 Å². The Morgan fingerprint density at radius 3 is 3.06 bits per heavy atom. The largest absolute Gasteiger partial charge is 0.338 e. The highest BCUT2D eigenvalue weighted by Gasteiger charge is 2.33. The summed E-state index contributed by atoms with van der Waals surface area (Å²) in [7, 11) is 2.09. The first-order chi connectivity index (χ1) is 7.72. The molecule has 2 heterocycles. The molecule has 0 bridgehead atoms. The molecule has 0 aliphatic carbocycles. The van der Waals surface area contributed by atoms with Crippen molar-refractivity contribution in [3.05, 3.63) is 0 Å². The molecule has 2 aliphatic rings. The molecular weight excluding hydrogens is 198 g/mol. The summed E-state index contributed by atoms with van der Waals surface area (Å²) in [4.78, 5) is 9.32. The number of nitrogens with zero attached hydrogens (tertiary/aromatic N) is 3. The van der Waals surface area contributed by atoms with Crippen LogP contribution in [-0.2, 0) is 0 Å². The first-order valence-corrected chi connectivity index (χ1v) is 6.14. The van der Waals surface area contributed by atoms with Gasteiger partial charge in [0.25, 0.3) is 0 Å². The van der Waals surface area contributed by atoms with Gasteiger partial charge in [-0.15, -0.1) is 5.92 Å². The molecule has 2 aliphatic heterocycles. The van der Waals surface area contributed by atoms with E-state index in [9.17, 15) is 0 Å². The van der Waals surface area contributed by atoms with Gasteiger partial charge in [-0.3, -0.25) is 4.99 Å². The van der Waals surface area contributed by atoms with E-state index in [1.165, 1.54) is 12.8 Å². The molecule has 0 spiro atoms. The molecule has 2 unspecified atom stereocenters. The van der Waals surface area contributed by atoms with Crippen LogP contribution in [-0.4, -0.2) is 48.5 Å². The topological polar surface area (TPSA) is 18.8 Å². The molecule has 3 heteroatoms. The van der Waals surface area contributed by atoms with Crippen LogP contribution in [0.1, 0.15) is 26.7 Å². The third-order valence-electron chi connectivity index (χ3n) is 3.48. The zero-order valence-electron chi connectivity index (χ0n) is 10.5. The number of hydrogen-bond donors (Lipinski definition) is 0. The van der Waals surface area contributed by atoms with Crippen molar-refractivity contribution in [2.45, 2.75) is 32.7 Å². The maximum Gasteiger partial charge on any atom is 0.197 e. The van der Waals surface area contributed by atoms with Crippen LogP contribution >= 0.6 is 0 Å². The molecule has 1 saturated heterocycles. The number of piperidine rings is 1. The highest BCUT2D eigenvalue weighted by molar-refractivity contribution is 5.82. The first kappa shape index (κ1) is 11.3. The van der Waals surface area contributed by atoms with Crippen molar-refractivity contribution < 1.29 is 0 Å². The lowest BCUT2D eigenvalue weighted by Gasteiger charge is -2.37. The minimum atomic E-state index is 0.656. The molecule has 0 aromatic heterocycles. The normalized spacial score (nSPS) is 27.9. The van der Waals surface area contributed by atoms with E-state index in [1.807, 2.05) is 6.92 Å². The van der Waals surface area contributed by atoms with E-state index in [0.717, 1.165) is 31.5 Å². The Hall–Kier alpha value is -1.17. The fourth-order valence-electron chi connectivity index (χ4n) is 2.53. The van der Waals surface area contributed by atoms with Gasteiger partial charge in [0.05, 0.1) is 19.1 Å². The molecule has 0 N–H and O–H groups in total. The predicted octanol–water partition coefficient (Wildman–Crippen LogP) is 1.41. The maximum atomic E-state index is 4.67. The van der Waals surface area contributed by atoms with Gasteiger partial charge in [-0.1, -0.05) is 12.8 Å². The first-order valence-electron chi connectivity index (χ1n) is 6.14. The van der Waals surface area contributed by atoms with Gasteiger partial charge in [0, 0.05) is 13.6 Å². The highest BCUT2D eigenvalue weighted by atomic mass is 15.4. The van der Waals surface area contributed by atoms with Crippen molar-refractivity contribution in [1.82, 2.24) is 9.80 Å². The third-order valence-corrected chi connectivity index (χ3v) is 3.48. The molecule has 0 aromatic carbocycles. The summed E-state index contributed by atoms with van der Waals surface area (Å²) in [5.74, 6) is 7.99. The summed E-state index contributed by atoms with van der Waals surface area (Å²) in [5.41, 5.74) is 0. The van der Waals surface area contributed by atoms with Gasteiger partial charge in [0.1, 0.15) is 0 Å². The van der Waals surface area contributed by atoms with E-state index in [0.29, 0.717) is 6.04 Å². The Kier molecular flexibility index (Phi) is 3.38. The van der Waals surface area contributed by atoms with Crippen LogP contribution in [0.25, 0.3) is 0 Å². The molecule has 0 amide bonds. The molecular formula is C13H21N3. The van der Waals surface area contributed by atoms with Crippen molar-refractivity contribution in [3.63, 3.8) is 0 Å². The number of fused-ring (bicyclic) bond motifs is 1. The van der Waals surface area contributed by atoms with Gasteiger partial charge in [0.2, 0.25) is 0 Å². The number of rotatable bonds is 1. The van der Waals surface area contributed by atoms with E-state index >= 15 is 0 Å². The third kappa shape index (κ3) is 2.16. The monoisotopic (exact) mass is 219 g/mol. The average molecular weight is 219 g/mol. The minimum Gasteiger partial charge on any atom is -0.338 e. The van der Waals surface area contributed by atoms with Crippen LogP contribution in [0.2, 0.25) is 0 Å². The second-order valence-corrected chi connectivity index (χ2v) is 4.91. The average Bonchev–Trinajstić information content (AvgIpc) is 2.68. The molecule has 1 fully saturated rings. The lowest BCUT2D eigenvalue weighted by Crippen LogP contribution is -2.48. The molecule has 0 aromatic rings. The van der Waals surface area contributed by atoms with E-state index < -0.39 is 0 Å². The van der Waals surface area contributed by atoms with Crippen molar-refractivity contribution in [2.24, 2.45) is 10.9 Å². The summed E-state index contributed by atoms with van der Waals surface area (Å²) in [6, 6.07) is 0.656. The lowest BCUT2D eigenvalue weighted by molar-refractivity contribution is 0.200. The van der Waals surface area contributed by atoms with Crippen LogP contribution in [0, 0.1) is 17.8 Å². The molecule has 0 radical (unpaired) electrons. The molecule has 3 nitrogen and oxygen atoms in total. The van der Waals surface area contributed by atoms with Gasteiger partial charge in [-0.25, -0.2) is 0 Å². The standard InChI is InChI=1S/C13H21N3/c1-4-5-8-15(3)13-14-9-12-7-6-11(2)10-16(12)13/h11-12H,6-10H2,1-3H3. The van der Waals surface area contributed by atoms with Crippen molar-refractivity contribution in [1.29, 1.82) is 0 Å². The summed E-state index contributed by atoms with van der Waals surface area (Å²) < 4.78 is 0. The molecule has 88 valence electrons. The smallest absolute Gasteiger partial charge is 0.197 e. The fraction of sp³-hybridized carbons (Fsp3) is 0.769. The van der Waals surface area contributed by atoms with Crippen molar-refractivity contribution >= 4 is 5.96 Å². The number of aliphatic imine (C=N–C) groups is 1. The van der Waals surface area contributed by atoms with Crippen LogP contribution < -0.4 is 0 Å². The second-order valence-electron chi connectivity index (χ2n) is 4.91. The van der Waals surface area contributed by atoms with Crippen molar-refractivity contribution in [3.8, 4) is 11.8 Å². The predicted molar refractivity (Wildman–Crippen MR) is 67.3 cm³/mol. The fourth-order valence-corrected chi connectivity index (χ4v) is 2.53. The molecule has 0 saturated carbocycles. The number of hydrogen-bond acceptors (Lipinski definition) is 3. The van der Waals surface area contributed by atoms with Gasteiger partial charge >= 0.3 is 0 Å². The van der Waals surface area contributed by atoms with Crippen molar-refractivity contribution in [2.75, 3.05) is 26.7 Å². The molecule has 2 rings (SSSR count). The summed E-state index contributed by atoms with van der Waals surface area (Å²) in [6.45, 7) is 7.14. The Morgan fingerprint density at radius 2 is 2.31 bits per heavy atom. The van der Waals surface area contributed by atoms with Crippen LogP contribution in [0.3, 0.4) is 0 Å². The second kappa shape index (κ2) is 4.78. The zero-order valence-corrected chi connectivity index (χ0v) is 10.5. The maximum absolute atomic E-state index is 4.67. The quantitative estimate of drug-likeness (QED) is 0.621. The van der Waals surface area contributed by atoms with E-state index in [4.69, 9.17) is 0 Å². The Balaban J connectivity index is 2.01. The van der Waals surface area contributed by atoms with E-state index in [2.05, 4.69) is 40.6 Å². The summed E-state index contributed by atoms with van der Waals surface area (Å²) in [6.07, 6.45) is 2.64. The summed E-state index contributed by atoms with van der Waals surface area (Å²) >= 11 is 0. The SMILES string of the molecule is CC#CCN(C)C1=NCC2CCC(C)CN12. The van der Waals surface area contributed by atoms with Gasteiger partial charge in [0.15, 0.2) is 5.96 Å². The summed E-state index contributed by atoms with van der Waals surface area (Å²) in [5, 5.41) is 0. The van der Waals surface area contributed by atoms with Gasteiger partial charge in [-0.2, -0.15) is 0 Å². The molecule has 16 heavy (non-hydrogen) atoms. The zero-order chi connectivity index (χ0) is 11.5. The highest BCUT2D eigenvalue weighted by Crippen LogP contribution is 2.26. The Labute approximate surface area is 98.5 Å². The van der Waals surface area contributed by atoms with Gasteiger partial charge < -0.3 is 9.80 Å². The lowest BCUT2D eigenvalue weighted by atomic mass is 9.95. The Morgan fingerprint density at radius 1 is 1.50 bits per heavy atom. The van der Waals surface area contributed by atoms with Crippen LogP contribution in [0.15, 0.2) is 4.99 Å². The van der Waals surface area contributed by atoms with Crippen LogP contribution in [0.5, 0.6) is 0 Å². The number of guanidine groups is 1. The minimum absolute atomic E-state index is 0.656. The van der Waals surface area contributed by atoms with Gasteiger partial charge in [-0.05, 0) is 25.7 Å².